The van der Waals surface area contributed by atoms with Gasteiger partial charge in [0.15, 0.2) is 28.6 Å². The van der Waals surface area contributed by atoms with Gasteiger partial charge in [0.1, 0.15) is 15.1 Å². The average Bonchev–Trinajstić information content (AvgIpc) is 3.08. The summed E-state index contributed by atoms with van der Waals surface area (Å²) in [5.74, 6) is -1.75. The third-order valence-electron chi connectivity index (χ3n) is 5.32. The van der Waals surface area contributed by atoms with Crippen LogP contribution in [0.4, 0.5) is 0 Å². The maximum Gasteiger partial charge on any atom is 0.341 e. The smallest absolute Gasteiger partial charge is 0.341 e. The monoisotopic (exact) mass is 780 g/mol. The Kier molecular flexibility index (Phi) is 5.94. The van der Waals surface area contributed by atoms with Crippen molar-refractivity contribution in [2.45, 2.75) is 5.60 Å². The second-order valence-corrected chi connectivity index (χ2v) is 11.7. The Morgan fingerprint density at radius 1 is 0.727 bits per heavy atom. The summed E-state index contributed by atoms with van der Waals surface area (Å²) in [6.07, 6.45) is 0. The van der Waals surface area contributed by atoms with Crippen LogP contribution in [0.3, 0.4) is 0 Å². The van der Waals surface area contributed by atoms with Crippen LogP contribution in [0.5, 0.6) is 23.0 Å². The van der Waals surface area contributed by atoms with Gasteiger partial charge in [0.25, 0.3) is 0 Å². The minimum absolute atomic E-state index is 0.0658. The van der Waals surface area contributed by atoms with Crippen LogP contribution in [-0.2, 0) is 10.3 Å². The van der Waals surface area contributed by atoms with Crippen LogP contribution in [0, 0.1) is 0 Å². The summed E-state index contributed by atoms with van der Waals surface area (Å²) in [6.45, 7) is 0. The fourth-order valence-corrected chi connectivity index (χ4v) is 7.25. The fraction of sp³-hybridized carbons (Fsp3) is 0.0500. The van der Waals surface area contributed by atoms with Gasteiger partial charge in [-0.3, -0.25) is 0 Å². The lowest BCUT2D eigenvalue weighted by Gasteiger charge is -2.39. The number of carbonyl (C=O) groups is 1. The first-order valence-corrected chi connectivity index (χ1v) is 13.3. The van der Waals surface area contributed by atoms with Crippen molar-refractivity contribution in [1.29, 1.82) is 0 Å². The number of phenols is 2. The molecule has 0 aliphatic carbocycles. The zero-order valence-corrected chi connectivity index (χ0v) is 24.7. The largest absolute Gasteiger partial charge is 0.505 e. The molecule has 3 aromatic rings. The summed E-state index contributed by atoms with van der Waals surface area (Å²) < 4.78 is 13.5. The number of aromatic hydroxyl groups is 2. The number of halogens is 8. The predicted octanol–water partition coefficient (Wildman–Crippen LogP) is 9.33. The van der Waals surface area contributed by atoms with Crippen molar-refractivity contribution in [1.82, 2.24) is 0 Å². The van der Waals surface area contributed by atoms with Crippen molar-refractivity contribution in [3.63, 3.8) is 0 Å². The number of hydrogen-bond donors (Lipinski definition) is 2. The van der Waals surface area contributed by atoms with Crippen LogP contribution < -0.4 is 4.74 Å². The van der Waals surface area contributed by atoms with Crippen LogP contribution >= 0.6 is 110 Å². The zero-order chi connectivity index (χ0) is 24.1. The van der Waals surface area contributed by atoms with E-state index in [1.165, 1.54) is 0 Å². The predicted molar refractivity (Wildman–Crippen MR) is 139 cm³/mol. The molecular weight excluding hydrogens is 782 g/mol. The first-order chi connectivity index (χ1) is 15.4. The van der Waals surface area contributed by atoms with Crippen molar-refractivity contribution in [3.8, 4) is 23.0 Å². The van der Waals surface area contributed by atoms with Crippen molar-refractivity contribution in [3.05, 3.63) is 72.4 Å². The molecule has 2 heterocycles. The first-order valence-electron chi connectivity index (χ1n) is 8.64. The van der Waals surface area contributed by atoms with Crippen molar-refractivity contribution in [2.75, 3.05) is 0 Å². The molecule has 13 heteroatoms. The summed E-state index contributed by atoms with van der Waals surface area (Å²) >= 11 is 39.5. The number of ether oxygens (including phenoxy) is 2. The Morgan fingerprint density at radius 2 is 1.30 bits per heavy atom. The molecule has 170 valence electrons. The van der Waals surface area contributed by atoms with E-state index in [1.54, 1.807) is 12.1 Å². The minimum atomic E-state index is -1.78. The Hall–Kier alpha value is -0.390. The third kappa shape index (κ3) is 3.03. The molecular formula is C20H4Br4Cl4O5. The molecule has 2 aliphatic heterocycles. The number of carbonyl (C=O) groups excluding carboxylic acids is 1. The van der Waals surface area contributed by atoms with Gasteiger partial charge in [-0.2, -0.15) is 0 Å². The summed E-state index contributed by atoms with van der Waals surface area (Å²) in [6, 6.07) is 3.39. The van der Waals surface area contributed by atoms with E-state index in [9.17, 15) is 15.0 Å². The second-order valence-electron chi connectivity index (χ2n) is 6.94. The van der Waals surface area contributed by atoms with E-state index in [1.807, 2.05) is 0 Å². The van der Waals surface area contributed by atoms with Crippen molar-refractivity contribution in [2.24, 2.45) is 0 Å². The van der Waals surface area contributed by atoms with Crippen molar-refractivity contribution >= 4 is 116 Å². The molecule has 5 rings (SSSR count). The van der Waals surface area contributed by atoms with Gasteiger partial charge in [-0.1, -0.05) is 62.3 Å². The highest BCUT2D eigenvalue weighted by Gasteiger charge is 2.59. The van der Waals surface area contributed by atoms with Gasteiger partial charge in [0.2, 0.25) is 0 Å². The molecule has 5 nitrogen and oxygen atoms in total. The molecule has 1 unspecified atom stereocenters. The second kappa shape index (κ2) is 8.06. The molecule has 2 N–H and O–H groups in total. The molecule has 0 radical (unpaired) electrons. The number of phenolic OH excluding ortho intramolecular Hbond substituents is 2. The topological polar surface area (TPSA) is 76.0 Å². The molecule has 33 heavy (non-hydrogen) atoms. The van der Waals surface area contributed by atoms with E-state index in [2.05, 4.69) is 63.7 Å². The quantitative estimate of drug-likeness (QED) is 0.176. The summed E-state index contributed by atoms with van der Waals surface area (Å²) in [4.78, 5) is 13.2. The Labute approximate surface area is 239 Å². The number of esters is 1. The molecule has 0 fully saturated rings. The maximum absolute atomic E-state index is 13.2. The van der Waals surface area contributed by atoms with Gasteiger partial charge < -0.3 is 19.7 Å². The normalized spacial score (nSPS) is 18.0. The summed E-state index contributed by atoms with van der Waals surface area (Å²) in [5, 5.41) is 20.1. The third-order valence-corrected chi connectivity index (χ3v) is 10.3. The van der Waals surface area contributed by atoms with Crippen LogP contribution in [0.2, 0.25) is 20.1 Å². The Bertz CT molecular complexity index is 1390. The van der Waals surface area contributed by atoms with Crippen LogP contribution in [0.1, 0.15) is 27.0 Å². The highest BCUT2D eigenvalue weighted by atomic mass is 79.9. The van der Waals surface area contributed by atoms with E-state index in [4.69, 9.17) is 55.9 Å². The van der Waals surface area contributed by atoms with Crippen molar-refractivity contribution < 1.29 is 24.5 Å². The van der Waals surface area contributed by atoms with Gasteiger partial charge in [-0.15, -0.1) is 0 Å². The minimum Gasteiger partial charge on any atom is -0.505 e. The highest BCUT2D eigenvalue weighted by Crippen LogP contribution is 2.67. The molecule has 0 amide bonds. The van der Waals surface area contributed by atoms with E-state index in [0.717, 1.165) is 0 Å². The van der Waals surface area contributed by atoms with Gasteiger partial charge >= 0.3 is 5.97 Å². The van der Waals surface area contributed by atoms with E-state index < -0.39 is 17.3 Å². The summed E-state index contributed by atoms with van der Waals surface area (Å²) in [7, 11) is 0. The molecule has 0 aromatic heterocycles. The SMILES string of the molecule is O=C1OC2(c3c(Cl)c(Cl)c(O)c(Cl)c3Oc3c(Cl)c(O)c(Br)c(Br)c32)c2c(Br)ccc(Br)c21. The lowest BCUT2D eigenvalue weighted by atomic mass is 9.77. The van der Waals surface area contributed by atoms with Crippen LogP contribution in [0.25, 0.3) is 0 Å². The molecule has 1 atom stereocenters. The maximum atomic E-state index is 13.2. The Morgan fingerprint density at radius 3 is 1.97 bits per heavy atom. The molecule has 2 aliphatic rings. The van der Waals surface area contributed by atoms with Gasteiger partial charge in [-0.25, -0.2) is 4.79 Å². The summed E-state index contributed by atoms with van der Waals surface area (Å²) in [5.41, 5.74) is -0.914. The standard InChI is InChI=1S/C20H4Br4Cl4O5/c21-3-1-2-4(22)6-5(3)19(31)33-20(6)7-9(23)10(24)15(29)13(27)17(7)32-18-8(20)11(25)12(26)16(30)14(18)28/h1-2,29-30H. The fourth-order valence-electron chi connectivity index (χ4n) is 3.99. The van der Waals surface area contributed by atoms with E-state index >= 15 is 0 Å². The number of benzene rings is 3. The molecule has 1 spiro atoms. The lowest BCUT2D eigenvalue weighted by Crippen LogP contribution is -2.34. The lowest BCUT2D eigenvalue weighted by molar-refractivity contribution is 0.0220. The average molecular weight is 786 g/mol. The van der Waals surface area contributed by atoms with Crippen LogP contribution in [-0.4, -0.2) is 16.2 Å². The molecule has 3 aromatic carbocycles. The first kappa shape index (κ1) is 24.3. The van der Waals surface area contributed by atoms with E-state index in [0.29, 0.717) is 14.5 Å². The Balaban J connectivity index is 2.10. The highest BCUT2D eigenvalue weighted by molar-refractivity contribution is 9.13. The molecule has 0 bridgehead atoms. The zero-order valence-electron chi connectivity index (χ0n) is 15.3. The number of rotatable bonds is 0. The van der Waals surface area contributed by atoms with Crippen LogP contribution in [0.15, 0.2) is 30.0 Å². The van der Waals surface area contributed by atoms with Gasteiger partial charge in [0, 0.05) is 19.0 Å². The number of fused-ring (bicyclic) bond motifs is 6. The van der Waals surface area contributed by atoms with Gasteiger partial charge in [-0.05, 0) is 59.9 Å². The molecule has 0 saturated heterocycles. The number of hydrogen-bond acceptors (Lipinski definition) is 5. The molecule has 0 saturated carbocycles. The van der Waals surface area contributed by atoms with E-state index in [-0.39, 0.29) is 63.0 Å². The van der Waals surface area contributed by atoms with Gasteiger partial charge in [0.05, 0.1) is 26.2 Å².